The zero-order valence-electron chi connectivity index (χ0n) is 10.1. The average Bonchev–Trinajstić information content (AvgIpc) is 2.34. The van der Waals surface area contributed by atoms with E-state index in [1.807, 2.05) is 0 Å². The van der Waals surface area contributed by atoms with Crippen molar-refractivity contribution in [1.29, 1.82) is 0 Å². The smallest absolute Gasteiger partial charge is 0.175 e. The van der Waals surface area contributed by atoms with Gasteiger partial charge in [-0.3, -0.25) is 0 Å². The van der Waals surface area contributed by atoms with Gasteiger partial charge in [-0.05, 0) is 30.3 Å². The van der Waals surface area contributed by atoms with E-state index in [0.29, 0.717) is 0 Å². The number of nitrogens with two attached hydrogens (primary N) is 1. The van der Waals surface area contributed by atoms with Crippen molar-refractivity contribution in [3.8, 4) is 11.5 Å². The summed E-state index contributed by atoms with van der Waals surface area (Å²) < 4.78 is 41.5. The summed E-state index contributed by atoms with van der Waals surface area (Å²) in [5.74, 6) is -0.164. The van der Waals surface area contributed by atoms with Gasteiger partial charge in [0, 0.05) is 6.26 Å². The van der Waals surface area contributed by atoms with E-state index < -0.39 is 15.7 Å². The normalized spacial score (nSPS) is 11.3. The minimum Gasteiger partial charge on any atom is -0.455 e. The first-order valence-electron chi connectivity index (χ1n) is 5.40. The lowest BCUT2D eigenvalue weighted by Gasteiger charge is -2.09. The van der Waals surface area contributed by atoms with Gasteiger partial charge in [0.2, 0.25) is 0 Å². The number of hydrogen-bond acceptors (Lipinski definition) is 4. The molecule has 0 bridgehead atoms. The van der Waals surface area contributed by atoms with E-state index in [2.05, 4.69) is 0 Å². The van der Waals surface area contributed by atoms with Crippen molar-refractivity contribution in [2.45, 2.75) is 4.90 Å². The number of rotatable bonds is 3. The second-order valence-corrected chi connectivity index (χ2v) is 6.02. The molecule has 19 heavy (non-hydrogen) atoms. The molecule has 100 valence electrons. The van der Waals surface area contributed by atoms with E-state index >= 15 is 0 Å². The Morgan fingerprint density at radius 1 is 1.16 bits per heavy atom. The molecule has 0 radical (unpaired) electrons. The Kier molecular flexibility index (Phi) is 3.44. The van der Waals surface area contributed by atoms with Gasteiger partial charge in [0.25, 0.3) is 0 Å². The molecule has 0 aromatic heterocycles. The molecule has 0 spiro atoms. The van der Waals surface area contributed by atoms with Gasteiger partial charge in [-0.2, -0.15) is 0 Å². The minimum atomic E-state index is -3.32. The van der Waals surface area contributed by atoms with Crippen LogP contribution in [0.5, 0.6) is 11.5 Å². The molecule has 0 saturated heterocycles. The summed E-state index contributed by atoms with van der Waals surface area (Å²) in [5.41, 5.74) is 5.42. The summed E-state index contributed by atoms with van der Waals surface area (Å²) in [6.07, 6.45) is 1.10. The molecule has 0 aliphatic rings. The van der Waals surface area contributed by atoms with Crippen LogP contribution in [0.4, 0.5) is 10.1 Å². The quantitative estimate of drug-likeness (QED) is 0.878. The molecule has 0 aliphatic heterocycles. The van der Waals surface area contributed by atoms with E-state index in [1.165, 1.54) is 30.3 Å². The molecule has 2 N–H and O–H groups in total. The number of sulfone groups is 1. The lowest BCUT2D eigenvalue weighted by Crippen LogP contribution is -1.98. The standard InChI is InChI=1S/C13H12FNO3S/c1-19(16,17)10-5-2-4-9(8-10)18-12-7-3-6-11(14)13(12)15/h2-8H,15H2,1H3. The first-order valence-corrected chi connectivity index (χ1v) is 7.29. The number of nitrogen functional groups attached to an aromatic ring is 1. The van der Waals surface area contributed by atoms with E-state index in [4.69, 9.17) is 10.5 Å². The maximum atomic E-state index is 13.2. The lowest BCUT2D eigenvalue weighted by atomic mass is 10.3. The van der Waals surface area contributed by atoms with Gasteiger partial charge in [0.05, 0.1) is 4.90 Å². The molecule has 2 rings (SSSR count). The van der Waals surface area contributed by atoms with Crippen LogP contribution >= 0.6 is 0 Å². The summed E-state index contributed by atoms with van der Waals surface area (Å²) in [5, 5.41) is 0. The highest BCUT2D eigenvalue weighted by Gasteiger charge is 2.10. The SMILES string of the molecule is CS(=O)(=O)c1cccc(Oc2cccc(F)c2N)c1. The Balaban J connectivity index is 2.37. The predicted octanol–water partition coefficient (Wildman–Crippen LogP) is 2.60. The molecule has 2 aromatic carbocycles. The van der Waals surface area contributed by atoms with Crippen LogP contribution in [0.25, 0.3) is 0 Å². The highest BCUT2D eigenvalue weighted by molar-refractivity contribution is 7.90. The van der Waals surface area contributed by atoms with Crippen LogP contribution in [0.15, 0.2) is 47.4 Å². The van der Waals surface area contributed by atoms with Gasteiger partial charge in [-0.1, -0.05) is 12.1 Å². The molecule has 0 amide bonds. The highest BCUT2D eigenvalue weighted by atomic mass is 32.2. The maximum Gasteiger partial charge on any atom is 0.175 e. The zero-order chi connectivity index (χ0) is 14.0. The highest BCUT2D eigenvalue weighted by Crippen LogP contribution is 2.30. The third-order valence-electron chi connectivity index (χ3n) is 2.47. The van der Waals surface area contributed by atoms with Crippen molar-refractivity contribution >= 4 is 15.5 Å². The van der Waals surface area contributed by atoms with Gasteiger partial charge in [-0.25, -0.2) is 12.8 Å². The first-order chi connectivity index (χ1) is 8.88. The number of ether oxygens (including phenoxy) is 1. The van der Waals surface area contributed by atoms with Crippen LogP contribution in [0.2, 0.25) is 0 Å². The van der Waals surface area contributed by atoms with Gasteiger partial charge in [-0.15, -0.1) is 0 Å². The van der Waals surface area contributed by atoms with Gasteiger partial charge < -0.3 is 10.5 Å². The molecule has 0 heterocycles. The monoisotopic (exact) mass is 281 g/mol. The molecule has 0 unspecified atom stereocenters. The second kappa shape index (κ2) is 4.89. The Morgan fingerprint density at radius 3 is 2.53 bits per heavy atom. The van der Waals surface area contributed by atoms with Crippen LogP contribution < -0.4 is 10.5 Å². The number of hydrogen-bond donors (Lipinski definition) is 1. The van der Waals surface area contributed by atoms with Gasteiger partial charge >= 0.3 is 0 Å². The van der Waals surface area contributed by atoms with Crippen LogP contribution in [-0.2, 0) is 9.84 Å². The predicted molar refractivity (Wildman–Crippen MR) is 70.4 cm³/mol. The van der Waals surface area contributed by atoms with Gasteiger partial charge in [0.1, 0.15) is 17.3 Å². The zero-order valence-corrected chi connectivity index (χ0v) is 10.9. The molecular formula is C13H12FNO3S. The maximum absolute atomic E-state index is 13.2. The third-order valence-corrected chi connectivity index (χ3v) is 3.58. The number of halogens is 1. The van der Waals surface area contributed by atoms with Crippen LogP contribution in [0, 0.1) is 5.82 Å². The van der Waals surface area contributed by atoms with E-state index in [9.17, 15) is 12.8 Å². The second-order valence-electron chi connectivity index (χ2n) is 4.00. The number of para-hydroxylation sites is 1. The van der Waals surface area contributed by atoms with E-state index in [1.54, 1.807) is 12.1 Å². The van der Waals surface area contributed by atoms with Crippen LogP contribution in [-0.4, -0.2) is 14.7 Å². The van der Waals surface area contributed by atoms with Gasteiger partial charge in [0.15, 0.2) is 15.6 Å². The Morgan fingerprint density at radius 2 is 1.84 bits per heavy atom. The number of benzene rings is 2. The fraction of sp³-hybridized carbons (Fsp3) is 0.0769. The molecule has 0 saturated carbocycles. The van der Waals surface area contributed by atoms with Crippen molar-refractivity contribution in [3.05, 3.63) is 48.3 Å². The fourth-order valence-electron chi connectivity index (χ4n) is 1.50. The summed E-state index contributed by atoms with van der Waals surface area (Å²) in [4.78, 5) is 0.125. The van der Waals surface area contributed by atoms with Crippen molar-refractivity contribution in [2.24, 2.45) is 0 Å². The van der Waals surface area contributed by atoms with E-state index in [0.717, 1.165) is 6.26 Å². The summed E-state index contributed by atoms with van der Waals surface area (Å²) >= 11 is 0. The molecule has 0 atom stereocenters. The largest absolute Gasteiger partial charge is 0.455 e. The van der Waals surface area contributed by atoms with Crippen molar-refractivity contribution in [1.82, 2.24) is 0 Å². The molecule has 0 aliphatic carbocycles. The average molecular weight is 281 g/mol. The van der Waals surface area contributed by atoms with E-state index in [-0.39, 0.29) is 22.1 Å². The lowest BCUT2D eigenvalue weighted by molar-refractivity contribution is 0.478. The Bertz CT molecular complexity index is 714. The molecule has 6 heteroatoms. The first kappa shape index (κ1) is 13.4. The van der Waals surface area contributed by atoms with Crippen molar-refractivity contribution < 1.29 is 17.5 Å². The summed E-state index contributed by atoms with van der Waals surface area (Å²) in [6.45, 7) is 0. The van der Waals surface area contributed by atoms with Crippen molar-refractivity contribution in [2.75, 3.05) is 12.0 Å². The van der Waals surface area contributed by atoms with Crippen LogP contribution in [0.3, 0.4) is 0 Å². The summed E-state index contributed by atoms with van der Waals surface area (Å²) in [6, 6.07) is 10.1. The molecular weight excluding hydrogens is 269 g/mol. The minimum absolute atomic E-state index is 0.118. The fourth-order valence-corrected chi connectivity index (χ4v) is 2.16. The topological polar surface area (TPSA) is 69.4 Å². The Labute approximate surface area is 110 Å². The summed E-state index contributed by atoms with van der Waals surface area (Å²) in [7, 11) is -3.32. The molecule has 2 aromatic rings. The Hall–Kier alpha value is -2.08. The number of anilines is 1. The third kappa shape index (κ3) is 3.03. The molecule has 0 fully saturated rings. The van der Waals surface area contributed by atoms with Crippen LogP contribution in [0.1, 0.15) is 0 Å². The molecule has 4 nitrogen and oxygen atoms in total. The van der Waals surface area contributed by atoms with Crippen molar-refractivity contribution in [3.63, 3.8) is 0 Å².